The van der Waals surface area contributed by atoms with E-state index in [0.717, 1.165) is 0 Å². The van der Waals surface area contributed by atoms with E-state index in [-0.39, 0.29) is 0 Å². The normalized spacial score (nSPS) is 6.75. The van der Waals surface area contributed by atoms with Crippen molar-refractivity contribution in [2.24, 2.45) is 0 Å². The Labute approximate surface area is 49.0 Å². The van der Waals surface area contributed by atoms with Crippen LogP contribution in [0, 0.1) is 0 Å². The monoisotopic (exact) mass is 120 g/mol. The van der Waals surface area contributed by atoms with E-state index in [0.29, 0.717) is 0 Å². The number of rotatable bonds is 1. The minimum Gasteiger partial charge on any atom is -0.450 e. The average molecular weight is 120 g/mol. The minimum absolute atomic E-state index is 1.32. The summed E-state index contributed by atoms with van der Waals surface area (Å²) in [6.45, 7) is 4.36. The molecule has 0 unspecified atom stereocenters. The molecule has 0 saturated carbocycles. The molecule has 50 valence electrons. The summed E-state index contributed by atoms with van der Waals surface area (Å²) in [7, 11) is 0. The van der Waals surface area contributed by atoms with Gasteiger partial charge < -0.3 is 10.2 Å². The van der Waals surface area contributed by atoms with Crippen molar-refractivity contribution >= 4 is 6.16 Å². The van der Waals surface area contributed by atoms with Crippen LogP contribution in [0.15, 0.2) is 0 Å². The maximum Gasteiger partial charge on any atom is 0.503 e. The molecule has 0 atom stereocenters. The van der Waals surface area contributed by atoms with Crippen LogP contribution in [0.4, 0.5) is 4.79 Å². The van der Waals surface area contributed by atoms with E-state index in [2.05, 4.69) is 13.8 Å². The summed E-state index contributed by atoms with van der Waals surface area (Å²) in [5, 5.41) is 13.9. The maximum atomic E-state index is 8.56. The van der Waals surface area contributed by atoms with Gasteiger partial charge in [-0.3, -0.25) is 0 Å². The molecule has 0 amide bonds. The molecule has 2 N–H and O–H groups in total. The predicted octanol–water partition coefficient (Wildman–Crippen LogP) is 2.03. The molecule has 0 aromatic rings. The van der Waals surface area contributed by atoms with Gasteiger partial charge in [0.15, 0.2) is 0 Å². The van der Waals surface area contributed by atoms with Crippen LogP contribution >= 0.6 is 0 Å². The zero-order valence-electron chi connectivity index (χ0n) is 5.22. The lowest BCUT2D eigenvalue weighted by molar-refractivity contribution is 0.137. The van der Waals surface area contributed by atoms with Gasteiger partial charge in [-0.2, -0.15) is 0 Å². The van der Waals surface area contributed by atoms with Crippen LogP contribution in [-0.4, -0.2) is 16.4 Å². The summed E-state index contributed by atoms with van der Waals surface area (Å²) in [5.74, 6) is 0. The van der Waals surface area contributed by atoms with Crippen molar-refractivity contribution < 1.29 is 15.0 Å². The van der Waals surface area contributed by atoms with Crippen molar-refractivity contribution in [1.29, 1.82) is 0 Å². The van der Waals surface area contributed by atoms with Gasteiger partial charge in [0.25, 0.3) is 0 Å². The van der Waals surface area contributed by atoms with Gasteiger partial charge in [-0.05, 0) is 0 Å². The highest BCUT2D eigenvalue weighted by Gasteiger charge is 1.70. The molecule has 0 rings (SSSR count). The lowest BCUT2D eigenvalue weighted by Crippen LogP contribution is -1.81. The van der Waals surface area contributed by atoms with Gasteiger partial charge in [0.05, 0.1) is 0 Å². The molecule has 0 aromatic heterocycles. The Morgan fingerprint density at radius 2 is 1.38 bits per heavy atom. The largest absolute Gasteiger partial charge is 0.503 e. The number of hydrogen-bond donors (Lipinski definition) is 2. The van der Waals surface area contributed by atoms with Crippen LogP contribution in [0.25, 0.3) is 0 Å². The third kappa shape index (κ3) is 1320. The zero-order valence-corrected chi connectivity index (χ0v) is 5.22. The Morgan fingerprint density at radius 1 is 1.25 bits per heavy atom. The second kappa shape index (κ2) is 9.55. The minimum atomic E-state index is -1.83. The van der Waals surface area contributed by atoms with E-state index in [9.17, 15) is 0 Å². The van der Waals surface area contributed by atoms with E-state index >= 15 is 0 Å². The summed E-state index contributed by atoms with van der Waals surface area (Å²) in [6, 6.07) is 0. The van der Waals surface area contributed by atoms with Crippen molar-refractivity contribution in [3.8, 4) is 0 Å². The number of hydrogen-bond acceptors (Lipinski definition) is 1. The van der Waals surface area contributed by atoms with Crippen molar-refractivity contribution in [1.82, 2.24) is 0 Å². The molecule has 0 aromatic carbocycles. The predicted molar refractivity (Wildman–Crippen MR) is 31.2 cm³/mol. The molecule has 0 fully saturated rings. The van der Waals surface area contributed by atoms with Gasteiger partial charge in [-0.25, -0.2) is 4.79 Å². The Bertz CT molecular complexity index is 45.6. The third-order valence-electron chi connectivity index (χ3n) is 0.500. The van der Waals surface area contributed by atoms with Crippen LogP contribution < -0.4 is 0 Å². The first kappa shape index (κ1) is 10.3. The molecular weight excluding hydrogens is 108 g/mol. The van der Waals surface area contributed by atoms with Gasteiger partial charge in [0, 0.05) is 0 Å². The fourth-order valence-electron chi connectivity index (χ4n) is 0. The molecule has 0 saturated heterocycles. The van der Waals surface area contributed by atoms with Crippen LogP contribution in [0.1, 0.15) is 26.7 Å². The lowest BCUT2D eigenvalue weighted by atomic mass is 10.4. The first-order valence-corrected chi connectivity index (χ1v) is 2.57. The molecule has 0 aliphatic heterocycles. The van der Waals surface area contributed by atoms with Gasteiger partial charge in [0.1, 0.15) is 0 Å². The van der Waals surface area contributed by atoms with Crippen molar-refractivity contribution in [3.63, 3.8) is 0 Å². The SMILES string of the molecule is CCCC.O=C(O)O. The summed E-state index contributed by atoms with van der Waals surface area (Å²) in [5.41, 5.74) is 0. The fourth-order valence-corrected chi connectivity index (χ4v) is 0. The molecule has 0 radical (unpaired) electrons. The highest BCUT2D eigenvalue weighted by atomic mass is 16.6. The maximum absolute atomic E-state index is 8.56. The number of unbranched alkanes of at least 4 members (excludes halogenated alkanes) is 1. The van der Waals surface area contributed by atoms with Gasteiger partial charge in [-0.1, -0.05) is 26.7 Å². The Kier molecular flexibility index (Phi) is 12.3. The number of carbonyl (C=O) groups is 1. The highest BCUT2D eigenvalue weighted by Crippen LogP contribution is 1.76. The van der Waals surface area contributed by atoms with Crippen LogP contribution in [0.2, 0.25) is 0 Å². The van der Waals surface area contributed by atoms with Crippen LogP contribution in [0.3, 0.4) is 0 Å². The standard InChI is InChI=1S/C4H10.CH2O3/c1-3-4-2;2-1(3)4/h3-4H2,1-2H3;(H2,2,3,4). The van der Waals surface area contributed by atoms with Gasteiger partial charge >= 0.3 is 6.16 Å². The first-order chi connectivity index (χ1) is 3.65. The molecule has 0 spiro atoms. The second-order valence-electron chi connectivity index (χ2n) is 1.28. The smallest absolute Gasteiger partial charge is 0.450 e. The van der Waals surface area contributed by atoms with Crippen LogP contribution in [0.5, 0.6) is 0 Å². The summed E-state index contributed by atoms with van der Waals surface area (Å²) < 4.78 is 0. The zero-order chi connectivity index (χ0) is 6.99. The molecule has 0 heterocycles. The quantitative estimate of drug-likeness (QED) is 0.556. The molecular formula is C5H12O3. The van der Waals surface area contributed by atoms with E-state index < -0.39 is 6.16 Å². The van der Waals surface area contributed by atoms with Gasteiger partial charge in [0.2, 0.25) is 0 Å². The van der Waals surface area contributed by atoms with E-state index in [1.165, 1.54) is 12.8 Å². The third-order valence-corrected chi connectivity index (χ3v) is 0.500. The molecule has 0 aliphatic carbocycles. The van der Waals surface area contributed by atoms with E-state index in [1.807, 2.05) is 0 Å². The first-order valence-electron chi connectivity index (χ1n) is 2.57. The fraction of sp³-hybridized carbons (Fsp3) is 0.800. The Balaban J connectivity index is 0. The van der Waals surface area contributed by atoms with E-state index in [4.69, 9.17) is 15.0 Å². The Hall–Kier alpha value is -0.730. The number of carboxylic acid groups (broad SMARTS) is 2. The topological polar surface area (TPSA) is 57.5 Å². The van der Waals surface area contributed by atoms with Crippen molar-refractivity contribution in [2.75, 3.05) is 0 Å². The molecule has 3 nitrogen and oxygen atoms in total. The summed E-state index contributed by atoms with van der Waals surface area (Å²) in [6.07, 6.45) is 0.806. The van der Waals surface area contributed by atoms with E-state index in [1.54, 1.807) is 0 Å². The van der Waals surface area contributed by atoms with Crippen molar-refractivity contribution in [3.05, 3.63) is 0 Å². The molecule has 0 aliphatic rings. The molecule has 3 heteroatoms. The highest BCUT2D eigenvalue weighted by molar-refractivity contribution is 5.53. The second-order valence-corrected chi connectivity index (χ2v) is 1.28. The summed E-state index contributed by atoms with van der Waals surface area (Å²) in [4.78, 5) is 8.56. The summed E-state index contributed by atoms with van der Waals surface area (Å²) >= 11 is 0. The van der Waals surface area contributed by atoms with Gasteiger partial charge in [-0.15, -0.1) is 0 Å². The molecule has 8 heavy (non-hydrogen) atoms. The molecule has 0 bridgehead atoms. The average Bonchev–Trinajstić information content (AvgIpc) is 1.65. The Morgan fingerprint density at radius 3 is 1.38 bits per heavy atom. The lowest BCUT2D eigenvalue weighted by Gasteiger charge is -1.68. The van der Waals surface area contributed by atoms with Crippen LogP contribution in [-0.2, 0) is 0 Å². The van der Waals surface area contributed by atoms with Crippen molar-refractivity contribution in [2.45, 2.75) is 26.7 Å².